The first-order valence-electron chi connectivity index (χ1n) is 8.75. The number of hydrogen-bond acceptors (Lipinski definition) is 1. The van der Waals surface area contributed by atoms with Crippen molar-refractivity contribution >= 4 is 7.92 Å². The molecule has 19 heavy (non-hydrogen) atoms. The third-order valence-corrected chi connectivity index (χ3v) is 8.99. The van der Waals surface area contributed by atoms with Crippen LogP contribution >= 0.6 is 7.92 Å². The minimum atomic E-state index is 0.323. The minimum absolute atomic E-state index is 0.323. The van der Waals surface area contributed by atoms with Gasteiger partial charge in [-0.15, -0.1) is 0 Å². The summed E-state index contributed by atoms with van der Waals surface area (Å²) in [5.41, 5.74) is 2.27. The van der Waals surface area contributed by atoms with Crippen molar-refractivity contribution in [3.05, 3.63) is 0 Å². The van der Waals surface area contributed by atoms with E-state index in [1.807, 2.05) is 0 Å². The molecule has 2 rings (SSSR count). The van der Waals surface area contributed by atoms with Gasteiger partial charge < -0.3 is 4.90 Å². The Labute approximate surface area is 122 Å². The second-order valence-electron chi connectivity index (χ2n) is 6.72. The summed E-state index contributed by atoms with van der Waals surface area (Å²) < 4.78 is 0. The largest absolute Gasteiger partial charge is 0.306 e. The molecule has 1 nitrogen and oxygen atoms in total. The third-order valence-electron chi connectivity index (χ3n) is 5.37. The van der Waals surface area contributed by atoms with Gasteiger partial charge in [0.1, 0.15) is 0 Å². The van der Waals surface area contributed by atoms with Crippen LogP contribution in [0.5, 0.6) is 0 Å². The highest BCUT2D eigenvalue weighted by Crippen LogP contribution is 2.55. The smallest absolute Gasteiger partial charge is 0.00177 e. The van der Waals surface area contributed by atoms with E-state index >= 15 is 0 Å². The van der Waals surface area contributed by atoms with Crippen molar-refractivity contribution in [3.8, 4) is 0 Å². The molecule has 0 bridgehead atoms. The van der Waals surface area contributed by atoms with Gasteiger partial charge in [0.05, 0.1) is 0 Å². The van der Waals surface area contributed by atoms with Crippen molar-refractivity contribution in [2.75, 3.05) is 26.3 Å². The molecule has 0 aromatic carbocycles. The summed E-state index contributed by atoms with van der Waals surface area (Å²) in [6.45, 7) is 4.87. The Morgan fingerprint density at radius 3 is 1.74 bits per heavy atom. The first-order chi connectivity index (χ1) is 9.31. The Morgan fingerprint density at radius 2 is 1.32 bits per heavy atom. The standard InChI is InChI=1S/C17H34NP/c1-3-18(2)14-15-19(16-10-6-4-7-11-16)17-12-8-5-9-13-17/h16-17H,3-15H2,1-2H3. The molecule has 2 aliphatic carbocycles. The van der Waals surface area contributed by atoms with Crippen molar-refractivity contribution in [3.63, 3.8) is 0 Å². The van der Waals surface area contributed by atoms with Gasteiger partial charge in [0.25, 0.3) is 0 Å². The lowest BCUT2D eigenvalue weighted by Gasteiger charge is -2.39. The van der Waals surface area contributed by atoms with Crippen LogP contribution in [0.1, 0.15) is 71.1 Å². The molecule has 2 aliphatic rings. The van der Waals surface area contributed by atoms with Crippen LogP contribution in [0.25, 0.3) is 0 Å². The van der Waals surface area contributed by atoms with Gasteiger partial charge in [-0.05, 0) is 56.8 Å². The van der Waals surface area contributed by atoms with Gasteiger partial charge in [0.15, 0.2) is 0 Å². The average molecular weight is 283 g/mol. The maximum absolute atomic E-state index is 2.53. The zero-order valence-electron chi connectivity index (χ0n) is 13.2. The monoisotopic (exact) mass is 283 g/mol. The molecular formula is C17H34NP. The van der Waals surface area contributed by atoms with E-state index in [2.05, 4.69) is 18.9 Å². The highest BCUT2D eigenvalue weighted by atomic mass is 31.1. The lowest BCUT2D eigenvalue weighted by atomic mass is 9.99. The zero-order valence-corrected chi connectivity index (χ0v) is 14.1. The van der Waals surface area contributed by atoms with E-state index in [0.29, 0.717) is 7.92 Å². The van der Waals surface area contributed by atoms with Crippen molar-refractivity contribution in [1.82, 2.24) is 4.90 Å². The molecule has 0 N–H and O–H groups in total. The van der Waals surface area contributed by atoms with E-state index in [-0.39, 0.29) is 0 Å². The fourth-order valence-corrected chi connectivity index (χ4v) is 7.89. The van der Waals surface area contributed by atoms with Crippen LogP contribution in [0.4, 0.5) is 0 Å². The number of hydrogen-bond donors (Lipinski definition) is 0. The van der Waals surface area contributed by atoms with Crippen LogP contribution in [-0.2, 0) is 0 Å². The van der Waals surface area contributed by atoms with E-state index in [1.165, 1.54) is 57.8 Å². The molecule has 112 valence electrons. The van der Waals surface area contributed by atoms with Gasteiger partial charge in [-0.1, -0.05) is 53.4 Å². The molecule has 0 aromatic rings. The van der Waals surface area contributed by atoms with E-state index in [1.54, 1.807) is 25.7 Å². The van der Waals surface area contributed by atoms with Gasteiger partial charge >= 0.3 is 0 Å². The van der Waals surface area contributed by atoms with Crippen molar-refractivity contribution in [2.24, 2.45) is 0 Å². The van der Waals surface area contributed by atoms with Crippen molar-refractivity contribution < 1.29 is 0 Å². The molecule has 2 saturated carbocycles. The Morgan fingerprint density at radius 1 is 0.842 bits per heavy atom. The highest BCUT2D eigenvalue weighted by molar-refractivity contribution is 7.59. The zero-order chi connectivity index (χ0) is 13.5. The van der Waals surface area contributed by atoms with Gasteiger partial charge in [-0.3, -0.25) is 0 Å². The SMILES string of the molecule is CCN(C)CCP(C1CCCCC1)C1CCCCC1. The highest BCUT2D eigenvalue weighted by Gasteiger charge is 2.30. The molecule has 0 atom stereocenters. The first-order valence-corrected chi connectivity index (χ1v) is 10.4. The Bertz CT molecular complexity index is 213. The van der Waals surface area contributed by atoms with Crippen LogP contribution in [-0.4, -0.2) is 42.5 Å². The van der Waals surface area contributed by atoms with Crippen LogP contribution in [0, 0.1) is 0 Å². The molecule has 0 heterocycles. The first kappa shape index (κ1) is 15.8. The average Bonchev–Trinajstić information content (AvgIpc) is 2.49. The van der Waals surface area contributed by atoms with E-state index in [4.69, 9.17) is 0 Å². The lowest BCUT2D eigenvalue weighted by molar-refractivity contribution is 0.373. The molecule has 2 heteroatoms. The second kappa shape index (κ2) is 8.63. The summed E-state index contributed by atoms with van der Waals surface area (Å²) >= 11 is 0. The molecule has 0 amide bonds. The van der Waals surface area contributed by atoms with Crippen molar-refractivity contribution in [2.45, 2.75) is 82.4 Å². The Kier molecular flexibility index (Phi) is 7.16. The molecule has 0 radical (unpaired) electrons. The predicted octanol–water partition coefficient (Wildman–Crippen LogP) is 5.09. The molecule has 0 aromatic heterocycles. The molecule has 0 saturated heterocycles. The second-order valence-corrected chi connectivity index (χ2v) is 9.65. The molecular weight excluding hydrogens is 249 g/mol. The summed E-state index contributed by atoms with van der Waals surface area (Å²) in [5.74, 6) is 0. The predicted molar refractivity (Wildman–Crippen MR) is 88.7 cm³/mol. The summed E-state index contributed by atoms with van der Waals surface area (Å²) in [6.07, 6.45) is 16.9. The maximum Gasteiger partial charge on any atom is 0.00177 e. The normalized spacial score (nSPS) is 23.4. The van der Waals surface area contributed by atoms with Gasteiger partial charge in [0, 0.05) is 6.54 Å². The van der Waals surface area contributed by atoms with E-state index in [0.717, 1.165) is 11.3 Å². The number of nitrogens with zero attached hydrogens (tertiary/aromatic N) is 1. The summed E-state index contributed by atoms with van der Waals surface area (Å²) in [5, 5.41) is 0. The van der Waals surface area contributed by atoms with E-state index in [9.17, 15) is 0 Å². The Balaban J connectivity index is 1.90. The van der Waals surface area contributed by atoms with Crippen LogP contribution in [0.2, 0.25) is 0 Å². The van der Waals surface area contributed by atoms with Gasteiger partial charge in [-0.2, -0.15) is 0 Å². The van der Waals surface area contributed by atoms with Gasteiger partial charge in [-0.25, -0.2) is 0 Å². The minimum Gasteiger partial charge on any atom is -0.306 e. The van der Waals surface area contributed by atoms with Crippen LogP contribution in [0.15, 0.2) is 0 Å². The van der Waals surface area contributed by atoms with Crippen molar-refractivity contribution in [1.29, 1.82) is 0 Å². The fraction of sp³-hybridized carbons (Fsp3) is 1.00. The molecule has 0 aliphatic heterocycles. The third kappa shape index (κ3) is 5.01. The quantitative estimate of drug-likeness (QED) is 0.614. The summed E-state index contributed by atoms with van der Waals surface area (Å²) in [7, 11) is 2.62. The molecule has 0 spiro atoms. The summed E-state index contributed by atoms with van der Waals surface area (Å²) in [6, 6.07) is 0. The molecule has 0 unspecified atom stereocenters. The van der Waals surface area contributed by atoms with Gasteiger partial charge in [0.2, 0.25) is 0 Å². The maximum atomic E-state index is 2.53. The fourth-order valence-electron chi connectivity index (χ4n) is 3.93. The number of rotatable bonds is 6. The molecule has 2 fully saturated rings. The van der Waals surface area contributed by atoms with Crippen LogP contribution in [0.3, 0.4) is 0 Å². The summed E-state index contributed by atoms with van der Waals surface area (Å²) in [4.78, 5) is 2.53. The Hall–Kier alpha value is 0.390. The lowest BCUT2D eigenvalue weighted by Crippen LogP contribution is -2.27. The van der Waals surface area contributed by atoms with Crippen LogP contribution < -0.4 is 0 Å². The van der Waals surface area contributed by atoms with E-state index < -0.39 is 0 Å². The topological polar surface area (TPSA) is 3.24 Å².